The number of aromatic nitrogens is 2. The van der Waals surface area contributed by atoms with Gasteiger partial charge in [-0.1, -0.05) is 54.4 Å². The van der Waals surface area contributed by atoms with Crippen molar-refractivity contribution in [1.29, 1.82) is 0 Å². The highest BCUT2D eigenvalue weighted by atomic mass is 35.5. The van der Waals surface area contributed by atoms with Crippen LogP contribution in [0.25, 0.3) is 28.0 Å². The van der Waals surface area contributed by atoms with E-state index >= 15 is 0 Å². The Morgan fingerprint density at radius 3 is 2.52 bits per heavy atom. The van der Waals surface area contributed by atoms with Crippen LogP contribution in [-0.4, -0.2) is 9.97 Å². The number of nitrogens with zero attached hydrogens (tertiary/aromatic N) is 2. The molecular weight excluding hydrogens is 456 g/mol. The summed E-state index contributed by atoms with van der Waals surface area (Å²) in [4.78, 5) is 9.56. The number of hydrogen-bond acceptors (Lipinski definition) is 3. The van der Waals surface area contributed by atoms with Crippen molar-refractivity contribution < 1.29 is 4.39 Å². The molecule has 5 rings (SSSR count). The predicted octanol–water partition coefficient (Wildman–Crippen LogP) is 8.48. The van der Waals surface area contributed by atoms with Gasteiger partial charge in [0.1, 0.15) is 11.6 Å². The van der Waals surface area contributed by atoms with Crippen molar-refractivity contribution in [3.63, 3.8) is 0 Å². The van der Waals surface area contributed by atoms with Gasteiger partial charge in [-0.15, -0.1) is 0 Å². The number of halogens is 3. The fourth-order valence-electron chi connectivity index (χ4n) is 4.56. The van der Waals surface area contributed by atoms with Gasteiger partial charge in [0.15, 0.2) is 5.82 Å². The lowest BCUT2D eigenvalue weighted by Gasteiger charge is -2.29. The first-order valence-corrected chi connectivity index (χ1v) is 11.7. The van der Waals surface area contributed by atoms with E-state index in [1.807, 2.05) is 30.3 Å². The number of rotatable bonds is 4. The number of anilines is 1. The number of para-hydroxylation sites is 1. The van der Waals surface area contributed by atoms with Gasteiger partial charge in [-0.2, -0.15) is 0 Å². The average molecular weight is 478 g/mol. The SMILES string of the molecule is CC[C@H]1CC(C)=C(Nc2nc(-c3c(Cl)cccc3Cl)nc3ccccc23)c2cc(F)ccc21. The zero-order chi connectivity index (χ0) is 23.1. The molecule has 0 spiro atoms. The smallest absolute Gasteiger partial charge is 0.165 e. The predicted molar refractivity (Wildman–Crippen MR) is 135 cm³/mol. The second-order valence-corrected chi connectivity index (χ2v) is 9.15. The number of hydrogen-bond donors (Lipinski definition) is 1. The van der Waals surface area contributed by atoms with E-state index in [1.54, 1.807) is 24.3 Å². The Hall–Kier alpha value is -2.95. The number of allylic oxidation sites excluding steroid dienone is 1. The molecule has 0 bridgehead atoms. The van der Waals surface area contributed by atoms with Gasteiger partial charge in [0.05, 0.1) is 21.1 Å². The molecule has 3 aromatic carbocycles. The summed E-state index contributed by atoms with van der Waals surface area (Å²) in [5, 5.41) is 5.35. The lowest BCUT2D eigenvalue weighted by atomic mass is 9.80. The van der Waals surface area contributed by atoms with Crippen molar-refractivity contribution in [2.75, 3.05) is 5.32 Å². The van der Waals surface area contributed by atoms with E-state index in [9.17, 15) is 4.39 Å². The maximum atomic E-state index is 14.3. The topological polar surface area (TPSA) is 37.8 Å². The molecule has 33 heavy (non-hydrogen) atoms. The lowest BCUT2D eigenvalue weighted by molar-refractivity contribution is 0.614. The number of fused-ring (bicyclic) bond motifs is 2. The van der Waals surface area contributed by atoms with E-state index in [1.165, 1.54) is 11.6 Å². The zero-order valence-electron chi connectivity index (χ0n) is 18.3. The molecule has 166 valence electrons. The third kappa shape index (κ3) is 3.98. The van der Waals surface area contributed by atoms with Crippen molar-refractivity contribution in [1.82, 2.24) is 9.97 Å². The molecule has 1 aliphatic carbocycles. The van der Waals surface area contributed by atoms with Crippen LogP contribution in [0.4, 0.5) is 10.2 Å². The normalized spacial score (nSPS) is 15.6. The van der Waals surface area contributed by atoms with E-state index in [0.29, 0.717) is 33.2 Å². The first-order chi connectivity index (χ1) is 16.0. The summed E-state index contributed by atoms with van der Waals surface area (Å²) < 4.78 is 14.3. The summed E-state index contributed by atoms with van der Waals surface area (Å²) in [7, 11) is 0. The summed E-state index contributed by atoms with van der Waals surface area (Å²) >= 11 is 12.9. The van der Waals surface area contributed by atoms with Crippen LogP contribution < -0.4 is 5.32 Å². The van der Waals surface area contributed by atoms with Gasteiger partial charge in [-0.25, -0.2) is 14.4 Å². The molecule has 0 aliphatic heterocycles. The Kier molecular flexibility index (Phi) is 5.81. The highest BCUT2D eigenvalue weighted by molar-refractivity contribution is 6.39. The van der Waals surface area contributed by atoms with Gasteiger partial charge in [-0.3, -0.25) is 0 Å². The minimum absolute atomic E-state index is 0.256. The van der Waals surface area contributed by atoms with Crippen molar-refractivity contribution in [3.8, 4) is 11.4 Å². The summed E-state index contributed by atoms with van der Waals surface area (Å²) in [5.41, 5.74) is 5.43. The quantitative estimate of drug-likeness (QED) is 0.320. The van der Waals surface area contributed by atoms with Crippen molar-refractivity contribution in [3.05, 3.63) is 93.2 Å². The number of nitrogens with one attached hydrogen (secondary N) is 1. The second kappa shape index (κ2) is 8.77. The Bertz CT molecular complexity index is 1390. The fraction of sp³-hybridized carbons (Fsp3) is 0.185. The zero-order valence-corrected chi connectivity index (χ0v) is 19.8. The molecule has 1 aliphatic rings. The summed E-state index contributed by atoms with van der Waals surface area (Å²) in [6.07, 6.45) is 1.90. The molecular formula is C27H22Cl2FN3. The van der Waals surface area contributed by atoms with Gasteiger partial charge in [0.25, 0.3) is 0 Å². The van der Waals surface area contributed by atoms with Crippen molar-refractivity contribution >= 4 is 45.6 Å². The monoisotopic (exact) mass is 477 g/mol. The van der Waals surface area contributed by atoms with Gasteiger partial charge < -0.3 is 5.32 Å². The third-order valence-electron chi connectivity index (χ3n) is 6.23. The average Bonchev–Trinajstić information content (AvgIpc) is 2.80. The van der Waals surface area contributed by atoms with Crippen LogP contribution in [0.5, 0.6) is 0 Å². The van der Waals surface area contributed by atoms with Crippen LogP contribution in [0.2, 0.25) is 10.0 Å². The maximum Gasteiger partial charge on any atom is 0.165 e. The molecule has 6 heteroatoms. The molecule has 0 radical (unpaired) electrons. The standard InChI is InChI=1S/C27H22Cl2FN3/c1-3-16-13-15(2)25(20-14-17(30)11-12-18(16)20)32-26-19-7-4-5-10-23(19)31-27(33-26)24-21(28)8-6-9-22(24)29/h4-12,14,16H,3,13H2,1-2H3,(H,31,32,33)/t16-/m0/s1. The Balaban J connectivity index is 1.69. The maximum absolute atomic E-state index is 14.3. The van der Waals surface area contributed by atoms with E-state index < -0.39 is 0 Å². The van der Waals surface area contributed by atoms with Gasteiger partial charge >= 0.3 is 0 Å². The van der Waals surface area contributed by atoms with Crippen LogP contribution in [0.3, 0.4) is 0 Å². The fourth-order valence-corrected chi connectivity index (χ4v) is 5.13. The van der Waals surface area contributed by atoms with Gasteiger partial charge in [0, 0.05) is 16.6 Å². The summed E-state index contributed by atoms with van der Waals surface area (Å²) in [6, 6.07) is 18.2. The molecule has 0 unspecified atom stereocenters. The Morgan fingerprint density at radius 1 is 1.00 bits per heavy atom. The van der Waals surface area contributed by atoms with Crippen molar-refractivity contribution in [2.24, 2.45) is 0 Å². The van der Waals surface area contributed by atoms with Crippen LogP contribution in [0.15, 0.2) is 66.2 Å². The number of benzene rings is 3. The Morgan fingerprint density at radius 2 is 1.76 bits per heavy atom. The lowest BCUT2D eigenvalue weighted by Crippen LogP contribution is -2.15. The second-order valence-electron chi connectivity index (χ2n) is 8.33. The minimum atomic E-state index is -0.256. The molecule has 1 heterocycles. The van der Waals surface area contributed by atoms with Crippen LogP contribution in [0.1, 0.15) is 43.7 Å². The molecule has 0 amide bonds. The molecule has 1 N–H and O–H groups in total. The molecule has 4 aromatic rings. The van der Waals surface area contributed by atoms with E-state index in [2.05, 4.69) is 19.2 Å². The molecule has 0 fully saturated rings. The molecule has 0 saturated carbocycles. The third-order valence-corrected chi connectivity index (χ3v) is 6.86. The highest BCUT2D eigenvalue weighted by Crippen LogP contribution is 2.42. The van der Waals surface area contributed by atoms with E-state index in [-0.39, 0.29) is 5.82 Å². The molecule has 1 aromatic heterocycles. The van der Waals surface area contributed by atoms with Gasteiger partial charge in [-0.05, 0) is 73.2 Å². The molecule has 1 atom stereocenters. The Labute approximate surface area is 202 Å². The summed E-state index contributed by atoms with van der Waals surface area (Å²) in [6.45, 7) is 4.26. The van der Waals surface area contributed by atoms with E-state index in [4.69, 9.17) is 33.2 Å². The minimum Gasteiger partial charge on any atom is -0.339 e. The van der Waals surface area contributed by atoms with Gasteiger partial charge in [0.2, 0.25) is 0 Å². The van der Waals surface area contributed by atoms with Crippen LogP contribution >= 0.6 is 23.2 Å². The van der Waals surface area contributed by atoms with Crippen LogP contribution in [-0.2, 0) is 0 Å². The first kappa shape index (κ1) is 21.9. The largest absolute Gasteiger partial charge is 0.339 e. The molecule has 3 nitrogen and oxygen atoms in total. The van der Waals surface area contributed by atoms with E-state index in [0.717, 1.165) is 40.6 Å². The highest BCUT2D eigenvalue weighted by Gasteiger charge is 2.25. The van der Waals surface area contributed by atoms with Crippen LogP contribution in [0, 0.1) is 5.82 Å². The molecule has 0 saturated heterocycles. The first-order valence-electron chi connectivity index (χ1n) is 10.9. The summed E-state index contributed by atoms with van der Waals surface area (Å²) in [5.74, 6) is 1.18. The van der Waals surface area contributed by atoms with Crippen molar-refractivity contribution in [2.45, 2.75) is 32.6 Å².